The monoisotopic (exact) mass is 227 g/mol. The van der Waals surface area contributed by atoms with Crippen molar-refractivity contribution in [3.63, 3.8) is 0 Å². The Morgan fingerprint density at radius 1 is 1.50 bits per heavy atom. The first-order chi connectivity index (χ1) is 5.70. The molecule has 0 saturated carbocycles. The fourth-order valence-corrected chi connectivity index (χ4v) is 1.19. The van der Waals surface area contributed by atoms with Crippen LogP contribution in [0.2, 0.25) is 0 Å². The summed E-state index contributed by atoms with van der Waals surface area (Å²) in [5.74, 6) is 1.20. The van der Waals surface area contributed by atoms with E-state index in [4.69, 9.17) is 4.74 Å². The second-order valence-electron chi connectivity index (χ2n) is 2.85. The van der Waals surface area contributed by atoms with E-state index in [1.807, 2.05) is 31.2 Å². The summed E-state index contributed by atoms with van der Waals surface area (Å²) in [4.78, 5) is 0. The Morgan fingerprint density at radius 3 is 2.75 bits per heavy atom. The molecule has 0 bridgehead atoms. The van der Waals surface area contributed by atoms with Gasteiger partial charge in [-0.25, -0.2) is 0 Å². The number of hydrogen-bond acceptors (Lipinski definition) is 1. The zero-order valence-electron chi connectivity index (χ0n) is 7.09. The summed E-state index contributed by atoms with van der Waals surface area (Å²) in [6, 6.07) is 7.81. The summed E-state index contributed by atoms with van der Waals surface area (Å²) < 4.78 is 6.48. The molecule has 0 aromatic heterocycles. The van der Waals surface area contributed by atoms with Crippen LogP contribution in [-0.4, -0.2) is 6.61 Å². The summed E-state index contributed by atoms with van der Waals surface area (Å²) >= 11 is 3.40. The normalized spacial score (nSPS) is 10.3. The second-order valence-corrected chi connectivity index (χ2v) is 3.70. The molecule has 0 saturated heterocycles. The van der Waals surface area contributed by atoms with Crippen molar-refractivity contribution < 1.29 is 4.74 Å². The highest BCUT2D eigenvalue weighted by Gasteiger charge is 1.99. The van der Waals surface area contributed by atoms with Crippen molar-refractivity contribution in [2.75, 3.05) is 6.61 Å². The summed E-state index contributed by atoms with van der Waals surface area (Å²) in [5.41, 5.74) is 0. The van der Waals surface area contributed by atoms with E-state index < -0.39 is 0 Å². The average Bonchev–Trinajstić information content (AvgIpc) is 2.03. The minimum atomic E-state index is 0.317. The van der Waals surface area contributed by atoms with E-state index in [0.29, 0.717) is 12.5 Å². The molecule has 1 aromatic rings. The second kappa shape index (κ2) is 4.51. The fraction of sp³-hybridized carbons (Fsp3) is 0.300. The predicted molar refractivity (Wildman–Crippen MR) is 54.2 cm³/mol. The van der Waals surface area contributed by atoms with Crippen LogP contribution in [-0.2, 0) is 0 Å². The summed E-state index contributed by atoms with van der Waals surface area (Å²) in [5, 5.41) is 0. The van der Waals surface area contributed by atoms with E-state index in [1.165, 1.54) is 0 Å². The maximum Gasteiger partial charge on any atom is 0.133 e. The van der Waals surface area contributed by atoms with Gasteiger partial charge in [-0.3, -0.25) is 0 Å². The van der Waals surface area contributed by atoms with Gasteiger partial charge in [0.1, 0.15) is 5.75 Å². The molecule has 1 radical (unpaired) electrons. The lowest BCUT2D eigenvalue weighted by atomic mass is 10.2. The highest BCUT2D eigenvalue weighted by molar-refractivity contribution is 9.10. The fourth-order valence-electron chi connectivity index (χ4n) is 0.794. The zero-order valence-corrected chi connectivity index (χ0v) is 8.67. The molecule has 12 heavy (non-hydrogen) atoms. The first kappa shape index (κ1) is 9.59. The van der Waals surface area contributed by atoms with Crippen molar-refractivity contribution in [2.45, 2.75) is 6.92 Å². The molecule has 2 heteroatoms. The smallest absolute Gasteiger partial charge is 0.133 e. The van der Waals surface area contributed by atoms with E-state index >= 15 is 0 Å². The number of benzene rings is 1. The largest absolute Gasteiger partial charge is 0.492 e. The van der Waals surface area contributed by atoms with Crippen molar-refractivity contribution in [1.82, 2.24) is 0 Å². The van der Waals surface area contributed by atoms with Crippen molar-refractivity contribution in [1.29, 1.82) is 0 Å². The zero-order chi connectivity index (χ0) is 8.97. The standard InChI is InChI=1S/C10H12BrO/c1-8(2)7-12-10-6-4-3-5-9(10)11/h3-6,8H,1,7H2,2H3. The molecule has 0 spiro atoms. The van der Waals surface area contributed by atoms with Crippen molar-refractivity contribution in [2.24, 2.45) is 5.92 Å². The summed E-state index contributed by atoms with van der Waals surface area (Å²) in [7, 11) is 0. The van der Waals surface area contributed by atoms with Gasteiger partial charge >= 0.3 is 0 Å². The molecule has 0 aliphatic carbocycles. The third-order valence-electron chi connectivity index (χ3n) is 1.36. The SMILES string of the molecule is [CH2]C(C)COc1ccccc1Br. The molecule has 0 aliphatic heterocycles. The van der Waals surface area contributed by atoms with Crippen molar-refractivity contribution >= 4 is 15.9 Å². The van der Waals surface area contributed by atoms with Crippen LogP contribution in [0, 0.1) is 12.8 Å². The molecule has 1 aromatic carbocycles. The quantitative estimate of drug-likeness (QED) is 0.771. The van der Waals surface area contributed by atoms with Crippen LogP contribution in [0.15, 0.2) is 28.7 Å². The first-order valence-electron chi connectivity index (χ1n) is 3.90. The highest BCUT2D eigenvalue weighted by atomic mass is 79.9. The van der Waals surface area contributed by atoms with E-state index in [0.717, 1.165) is 10.2 Å². The Hall–Kier alpha value is -0.500. The summed E-state index contributed by atoms with van der Waals surface area (Å²) in [6.45, 7) is 6.52. The maximum atomic E-state index is 5.49. The minimum absolute atomic E-state index is 0.317. The van der Waals surface area contributed by atoms with Gasteiger partial charge in [-0.1, -0.05) is 19.1 Å². The molecule has 0 fully saturated rings. The van der Waals surface area contributed by atoms with Crippen molar-refractivity contribution in [3.05, 3.63) is 35.7 Å². The van der Waals surface area contributed by atoms with Gasteiger partial charge in [-0.05, 0) is 40.9 Å². The molecule has 1 atom stereocenters. The predicted octanol–water partition coefficient (Wildman–Crippen LogP) is 3.30. The number of halogens is 1. The number of para-hydroxylation sites is 1. The van der Waals surface area contributed by atoms with Gasteiger partial charge in [0.05, 0.1) is 11.1 Å². The lowest BCUT2D eigenvalue weighted by molar-refractivity contribution is 0.282. The molecule has 1 nitrogen and oxygen atoms in total. The van der Waals surface area contributed by atoms with E-state index in [9.17, 15) is 0 Å². The molecule has 1 rings (SSSR count). The average molecular weight is 228 g/mol. The lowest BCUT2D eigenvalue weighted by Gasteiger charge is -2.09. The minimum Gasteiger partial charge on any atom is -0.492 e. The molecule has 0 N–H and O–H groups in total. The van der Waals surface area contributed by atoms with Crippen LogP contribution in [0.25, 0.3) is 0 Å². The molecular weight excluding hydrogens is 216 g/mol. The molecular formula is C10H12BrO. The van der Waals surface area contributed by atoms with Gasteiger partial charge in [0.2, 0.25) is 0 Å². The van der Waals surface area contributed by atoms with Crippen LogP contribution >= 0.6 is 15.9 Å². The van der Waals surface area contributed by atoms with Crippen LogP contribution in [0.3, 0.4) is 0 Å². The Kier molecular flexibility index (Phi) is 3.60. The van der Waals surface area contributed by atoms with Gasteiger partial charge in [0.25, 0.3) is 0 Å². The van der Waals surface area contributed by atoms with Gasteiger partial charge < -0.3 is 4.74 Å². The van der Waals surface area contributed by atoms with Crippen molar-refractivity contribution in [3.8, 4) is 5.75 Å². The van der Waals surface area contributed by atoms with Crippen LogP contribution in [0.5, 0.6) is 5.75 Å². The van der Waals surface area contributed by atoms with Crippen LogP contribution in [0.1, 0.15) is 6.92 Å². The number of hydrogen-bond donors (Lipinski definition) is 0. The van der Waals surface area contributed by atoms with Crippen LogP contribution in [0.4, 0.5) is 0 Å². The Morgan fingerprint density at radius 2 is 2.17 bits per heavy atom. The first-order valence-corrected chi connectivity index (χ1v) is 4.70. The van der Waals surface area contributed by atoms with Crippen LogP contribution < -0.4 is 4.74 Å². The molecule has 1 unspecified atom stereocenters. The third kappa shape index (κ3) is 2.86. The highest BCUT2D eigenvalue weighted by Crippen LogP contribution is 2.23. The van der Waals surface area contributed by atoms with E-state index in [1.54, 1.807) is 0 Å². The topological polar surface area (TPSA) is 9.23 Å². The Bertz CT molecular complexity index is 245. The molecule has 0 heterocycles. The Balaban J connectivity index is 2.57. The summed E-state index contributed by atoms with van der Waals surface area (Å²) in [6.07, 6.45) is 0. The lowest BCUT2D eigenvalue weighted by Crippen LogP contribution is -2.04. The van der Waals surface area contributed by atoms with Gasteiger partial charge in [-0.15, -0.1) is 0 Å². The van der Waals surface area contributed by atoms with E-state index in [2.05, 4.69) is 22.9 Å². The molecule has 65 valence electrons. The van der Waals surface area contributed by atoms with Gasteiger partial charge in [0.15, 0.2) is 0 Å². The van der Waals surface area contributed by atoms with Gasteiger partial charge in [0, 0.05) is 0 Å². The molecule has 0 amide bonds. The number of rotatable bonds is 3. The van der Waals surface area contributed by atoms with Gasteiger partial charge in [-0.2, -0.15) is 0 Å². The molecule has 0 aliphatic rings. The maximum absolute atomic E-state index is 5.49. The van der Waals surface area contributed by atoms with E-state index in [-0.39, 0.29) is 0 Å². The third-order valence-corrected chi connectivity index (χ3v) is 2.02. The number of ether oxygens (including phenoxy) is 1. The Labute approximate surface area is 81.9 Å².